The molecule has 0 spiro atoms. The molecular weight excluding hydrogens is 955 g/mol. The van der Waals surface area contributed by atoms with Gasteiger partial charge in [-0.05, 0) is 88.4 Å². The van der Waals surface area contributed by atoms with Crippen LogP contribution in [-0.2, 0) is 39.7 Å². The maximum Gasteiger partial charge on any atom is 0.282 e. The van der Waals surface area contributed by atoms with Gasteiger partial charge in [-0.1, -0.05) is 102 Å². The van der Waals surface area contributed by atoms with Gasteiger partial charge in [0.1, 0.15) is 17.1 Å². The SMILES string of the molecule is COS(=O)(=O)Cc1ccccc1-n1nc2c3ccccc3n(Cc3ccc(-n4cccn4)cc3)cc-2c1=O.[N-]=[N+]=NCc1ccccc1-n1nc2c3ccccc3n(Cc3ccc(-n4cccn4)cc3)cc-2c1=O. The van der Waals surface area contributed by atoms with Crippen molar-refractivity contribution in [1.29, 1.82) is 0 Å². The Hall–Kier alpha value is -9.68. The van der Waals surface area contributed by atoms with Crippen molar-refractivity contribution in [2.24, 2.45) is 5.11 Å². The fourth-order valence-corrected chi connectivity index (χ4v) is 9.88. The van der Waals surface area contributed by atoms with Crippen LogP contribution in [0.1, 0.15) is 22.3 Å². The quantitative estimate of drug-likeness (QED) is 0.0466. The van der Waals surface area contributed by atoms with E-state index in [2.05, 4.69) is 46.2 Å². The molecule has 19 heteroatoms. The van der Waals surface area contributed by atoms with Crippen LogP contribution < -0.4 is 11.1 Å². The molecule has 4 aliphatic heterocycles. The number of nitrogens with zero attached hydrogens (tertiary/aromatic N) is 13. The van der Waals surface area contributed by atoms with Crippen molar-refractivity contribution in [1.82, 2.24) is 48.3 Å². The van der Waals surface area contributed by atoms with Gasteiger partial charge < -0.3 is 9.13 Å². The van der Waals surface area contributed by atoms with E-state index in [0.717, 1.165) is 57.0 Å². The molecule has 0 atom stereocenters. The van der Waals surface area contributed by atoms with Gasteiger partial charge in [-0.15, -0.1) is 0 Å². The topological polar surface area (TPSA) is 207 Å². The van der Waals surface area contributed by atoms with Crippen LogP contribution in [0.4, 0.5) is 0 Å². The summed E-state index contributed by atoms with van der Waals surface area (Å²) in [6.45, 7) is 1.27. The average molecular weight is 998 g/mol. The lowest BCUT2D eigenvalue weighted by atomic mass is 10.1. The van der Waals surface area contributed by atoms with Crippen LogP contribution in [0.5, 0.6) is 0 Å². The van der Waals surface area contributed by atoms with Crippen LogP contribution >= 0.6 is 0 Å². The molecular formula is C55H43N13O5S. The minimum atomic E-state index is -3.79. The summed E-state index contributed by atoms with van der Waals surface area (Å²) in [5.74, 6) is -0.370. The molecule has 364 valence electrons. The molecule has 0 saturated carbocycles. The molecule has 74 heavy (non-hydrogen) atoms. The summed E-state index contributed by atoms with van der Waals surface area (Å²) in [4.78, 5) is 30.0. The Bertz CT molecular complexity index is 4190. The minimum absolute atomic E-state index is 0.137. The zero-order valence-corrected chi connectivity index (χ0v) is 40.4. The van der Waals surface area contributed by atoms with Crippen LogP contribution in [0.25, 0.3) is 77.5 Å². The summed E-state index contributed by atoms with van der Waals surface area (Å²) >= 11 is 0. The van der Waals surface area contributed by atoms with Gasteiger partial charge >= 0.3 is 0 Å². The lowest BCUT2D eigenvalue weighted by molar-refractivity contribution is 0.397. The Kier molecular flexibility index (Phi) is 12.5. The molecule has 0 bridgehead atoms. The number of hydrogen-bond acceptors (Lipinski definition) is 10. The predicted octanol–water partition coefficient (Wildman–Crippen LogP) is 9.34. The second-order valence-electron chi connectivity index (χ2n) is 17.3. The lowest BCUT2D eigenvalue weighted by Crippen LogP contribution is -2.18. The van der Waals surface area contributed by atoms with E-state index in [4.69, 9.17) is 10.6 Å². The number of azide groups is 1. The number of fused-ring (bicyclic) bond motifs is 6. The van der Waals surface area contributed by atoms with Crippen molar-refractivity contribution in [2.75, 3.05) is 7.11 Å². The van der Waals surface area contributed by atoms with Gasteiger partial charge in [-0.25, -0.2) is 9.36 Å². The maximum atomic E-state index is 13.6. The Labute approximate surface area is 422 Å². The summed E-state index contributed by atoms with van der Waals surface area (Å²) in [5.41, 5.74) is 18.6. The van der Waals surface area contributed by atoms with E-state index in [9.17, 15) is 18.0 Å². The Morgan fingerprint density at radius 2 is 1.01 bits per heavy atom. The van der Waals surface area contributed by atoms with E-state index < -0.39 is 10.1 Å². The molecule has 0 amide bonds. The molecule has 18 nitrogen and oxygen atoms in total. The number of hydrogen-bond donors (Lipinski definition) is 0. The third-order valence-electron chi connectivity index (χ3n) is 12.7. The normalized spacial score (nSPS) is 11.5. The Morgan fingerprint density at radius 3 is 1.47 bits per heavy atom. The fourth-order valence-electron chi connectivity index (χ4n) is 9.14. The van der Waals surface area contributed by atoms with Gasteiger partial charge in [-0.3, -0.25) is 13.8 Å². The third-order valence-corrected chi connectivity index (χ3v) is 13.9. The highest BCUT2D eigenvalue weighted by Gasteiger charge is 2.25. The number of pyridine rings is 2. The molecule has 0 aliphatic carbocycles. The molecule has 0 unspecified atom stereocenters. The third kappa shape index (κ3) is 9.12. The number of aromatic nitrogens is 10. The van der Waals surface area contributed by atoms with Crippen molar-refractivity contribution in [3.8, 4) is 45.3 Å². The zero-order chi connectivity index (χ0) is 50.8. The number of rotatable bonds is 13. The van der Waals surface area contributed by atoms with E-state index in [0.29, 0.717) is 52.5 Å². The highest BCUT2D eigenvalue weighted by molar-refractivity contribution is 7.85. The molecule has 0 saturated heterocycles. The van der Waals surface area contributed by atoms with Crippen molar-refractivity contribution in [3.63, 3.8) is 0 Å². The Balaban J connectivity index is 0.000000159. The first-order valence-corrected chi connectivity index (χ1v) is 24.9. The van der Waals surface area contributed by atoms with Crippen LogP contribution in [0.2, 0.25) is 0 Å². The van der Waals surface area contributed by atoms with Gasteiger partial charge in [0.15, 0.2) is 0 Å². The first-order valence-electron chi connectivity index (χ1n) is 23.3. The predicted molar refractivity (Wildman–Crippen MR) is 282 cm³/mol. The number of benzene rings is 6. The minimum Gasteiger partial charge on any atom is -0.342 e. The van der Waals surface area contributed by atoms with Gasteiger partial charge in [0.05, 0.1) is 58.6 Å². The van der Waals surface area contributed by atoms with Crippen molar-refractivity contribution in [2.45, 2.75) is 25.4 Å². The van der Waals surface area contributed by atoms with Crippen molar-refractivity contribution < 1.29 is 12.6 Å². The second-order valence-corrected chi connectivity index (χ2v) is 19.0. The molecule has 6 aromatic carbocycles. The zero-order valence-electron chi connectivity index (χ0n) is 39.6. The maximum absolute atomic E-state index is 13.6. The summed E-state index contributed by atoms with van der Waals surface area (Å²) < 4.78 is 39.4. The van der Waals surface area contributed by atoms with Gasteiger partial charge in [-0.2, -0.15) is 38.2 Å². The molecule has 0 N–H and O–H groups in total. The highest BCUT2D eigenvalue weighted by atomic mass is 32.2. The summed E-state index contributed by atoms with van der Waals surface area (Å²) in [6.07, 6.45) is 11.0. The smallest absolute Gasteiger partial charge is 0.282 e. The van der Waals surface area contributed by atoms with Gasteiger partial charge in [0, 0.05) is 66.0 Å². The molecule has 2 aromatic heterocycles. The molecule has 8 aromatic rings. The first-order chi connectivity index (χ1) is 36.2. The fraction of sp³-hybridized carbons (Fsp3) is 0.0909. The second kappa shape index (κ2) is 19.8. The van der Waals surface area contributed by atoms with Crippen LogP contribution in [-0.4, -0.2) is 63.8 Å². The van der Waals surface area contributed by atoms with E-state index in [1.54, 1.807) is 41.3 Å². The molecule has 6 heterocycles. The first kappa shape index (κ1) is 46.7. The average Bonchev–Trinajstić information content (AvgIpc) is 4.30. The van der Waals surface area contributed by atoms with Crippen LogP contribution in [0.3, 0.4) is 0 Å². The number of para-hydroxylation sites is 4. The van der Waals surface area contributed by atoms with E-state index in [1.165, 1.54) is 9.36 Å². The molecule has 0 radical (unpaired) electrons. The van der Waals surface area contributed by atoms with Crippen molar-refractivity contribution in [3.05, 3.63) is 248 Å². The van der Waals surface area contributed by atoms with Crippen molar-refractivity contribution >= 4 is 31.9 Å². The summed E-state index contributed by atoms with van der Waals surface area (Å²) in [7, 11) is -2.67. The lowest BCUT2D eigenvalue weighted by Gasteiger charge is -2.14. The van der Waals surface area contributed by atoms with E-state index in [1.807, 2.05) is 155 Å². The molecule has 12 rings (SSSR count). The highest BCUT2D eigenvalue weighted by Crippen LogP contribution is 2.31. The van der Waals surface area contributed by atoms with E-state index >= 15 is 0 Å². The largest absolute Gasteiger partial charge is 0.342 e. The van der Waals surface area contributed by atoms with Crippen LogP contribution in [0.15, 0.2) is 210 Å². The van der Waals surface area contributed by atoms with Gasteiger partial charge in [0.2, 0.25) is 0 Å². The van der Waals surface area contributed by atoms with E-state index in [-0.39, 0.29) is 23.4 Å². The molecule has 4 aliphatic rings. The van der Waals surface area contributed by atoms with Crippen LogP contribution in [0, 0.1) is 0 Å². The monoisotopic (exact) mass is 997 g/mol. The summed E-state index contributed by atoms with van der Waals surface area (Å²) in [5, 5.41) is 23.3. The summed E-state index contributed by atoms with van der Waals surface area (Å²) in [6, 6.07) is 49.9. The standard InChI is InChI=1S/C28H23N5O4S.C27H20N8O/c1-37-38(35,36)19-21-7-2-4-9-25(21)33-28(34)24-18-31(26-10-5-3-8-23(26)27(24)30-33)17-20-11-13-22(14-12-20)32-16-6-15-29-32;28-32-29-16-20-6-1-3-8-24(20)35-27(36)23-18-33(25-9-4-2-7-22(25)26(23)31-35)17-19-10-12-21(13-11-19)34-15-5-14-30-34/h2-16,18H,17,19H2,1H3;1-15,18H,16-17H2. The van der Waals surface area contributed by atoms with Gasteiger partial charge in [0.25, 0.3) is 21.2 Å². The molecule has 0 fully saturated rings. The Morgan fingerprint density at radius 1 is 0.568 bits per heavy atom.